The minimum Gasteiger partial charge on any atom is -0.454 e. The van der Waals surface area contributed by atoms with Crippen LogP contribution in [0.1, 0.15) is 61.3 Å². The molecule has 1 atom stereocenters. The summed E-state index contributed by atoms with van der Waals surface area (Å²) in [5.41, 5.74) is 4.65. The van der Waals surface area contributed by atoms with Gasteiger partial charge in [0.2, 0.25) is 6.79 Å². The zero-order valence-corrected chi connectivity index (χ0v) is 23.9. The second-order valence-electron chi connectivity index (χ2n) is 11.6. The van der Waals surface area contributed by atoms with E-state index in [9.17, 15) is 4.79 Å². The van der Waals surface area contributed by atoms with E-state index in [0.717, 1.165) is 67.1 Å². The number of H-pyrrole nitrogens is 1. The molecule has 0 radical (unpaired) electrons. The average molecular weight is 544 g/mol. The fourth-order valence-electron chi connectivity index (χ4n) is 5.62. The maximum Gasteiger partial charge on any atom is 0.253 e. The Hall–Kier alpha value is -3.76. The number of aromatic amines is 1. The molecule has 0 aliphatic carbocycles. The van der Waals surface area contributed by atoms with E-state index in [1.807, 2.05) is 22.9 Å². The number of hydrogen-bond donors (Lipinski definition) is 1. The second-order valence-corrected chi connectivity index (χ2v) is 11.6. The highest BCUT2D eigenvalue weighted by Crippen LogP contribution is 2.34. The zero-order chi connectivity index (χ0) is 28.0. The van der Waals surface area contributed by atoms with E-state index in [2.05, 4.69) is 83.1 Å². The monoisotopic (exact) mass is 543 g/mol. The van der Waals surface area contributed by atoms with Crippen molar-refractivity contribution in [2.75, 3.05) is 33.0 Å². The predicted octanol–water partition coefficient (Wildman–Crippen LogP) is 3.91. The van der Waals surface area contributed by atoms with E-state index in [1.54, 1.807) is 0 Å². The lowest BCUT2D eigenvalue weighted by Crippen LogP contribution is -2.49. The normalized spacial score (nSPS) is 17.0. The lowest BCUT2D eigenvalue weighted by atomic mass is 9.98. The maximum absolute atomic E-state index is 13.6. The van der Waals surface area contributed by atoms with Crippen LogP contribution in [0.2, 0.25) is 0 Å². The number of aryl methyl sites for hydroxylation is 2. The summed E-state index contributed by atoms with van der Waals surface area (Å²) in [6.45, 7) is 14.9. The Morgan fingerprint density at radius 1 is 1.00 bits per heavy atom. The van der Waals surface area contributed by atoms with Crippen molar-refractivity contribution in [2.45, 2.75) is 59.2 Å². The molecule has 4 aromatic rings. The van der Waals surface area contributed by atoms with E-state index in [-0.39, 0.29) is 23.9 Å². The van der Waals surface area contributed by atoms with Gasteiger partial charge in [0.05, 0.1) is 5.54 Å². The number of nitrogens with one attached hydrogen (secondary N) is 1. The van der Waals surface area contributed by atoms with Gasteiger partial charge in [-0.3, -0.25) is 14.6 Å². The molecule has 1 fully saturated rings. The number of hydrogen-bond acceptors (Lipinski definition) is 8. The van der Waals surface area contributed by atoms with Crippen molar-refractivity contribution in [3.8, 4) is 11.5 Å². The van der Waals surface area contributed by atoms with Gasteiger partial charge in [0.25, 0.3) is 5.56 Å². The number of pyridine rings is 1. The number of nitrogens with zero attached hydrogens (tertiary/aromatic N) is 6. The first kappa shape index (κ1) is 26.5. The third-order valence-corrected chi connectivity index (χ3v) is 8.57. The first-order valence-electron chi connectivity index (χ1n) is 14.0. The van der Waals surface area contributed by atoms with Gasteiger partial charge in [-0.15, -0.1) is 5.10 Å². The zero-order valence-electron chi connectivity index (χ0n) is 23.9. The minimum absolute atomic E-state index is 0.104. The van der Waals surface area contributed by atoms with Gasteiger partial charge in [0, 0.05) is 43.8 Å². The summed E-state index contributed by atoms with van der Waals surface area (Å²) in [5.74, 6) is 2.31. The molecule has 2 aromatic heterocycles. The van der Waals surface area contributed by atoms with E-state index < -0.39 is 0 Å². The highest BCUT2D eigenvalue weighted by atomic mass is 16.7. The van der Waals surface area contributed by atoms with Crippen molar-refractivity contribution in [3.63, 3.8) is 0 Å². The van der Waals surface area contributed by atoms with E-state index in [1.165, 1.54) is 11.1 Å². The molecule has 0 spiro atoms. The first-order chi connectivity index (χ1) is 19.2. The number of rotatable bonds is 7. The molecular formula is C30H37N7O3. The highest BCUT2D eigenvalue weighted by molar-refractivity contribution is 5.81. The molecule has 40 heavy (non-hydrogen) atoms. The average Bonchev–Trinajstić information content (AvgIpc) is 3.61. The van der Waals surface area contributed by atoms with Crippen LogP contribution in [0.15, 0.2) is 41.2 Å². The van der Waals surface area contributed by atoms with Gasteiger partial charge in [0.1, 0.15) is 6.04 Å². The number of benzene rings is 2. The lowest BCUT2D eigenvalue weighted by Gasteiger charge is -2.39. The number of tetrazole rings is 1. The molecule has 2 aromatic carbocycles. The largest absolute Gasteiger partial charge is 0.454 e. The Morgan fingerprint density at radius 3 is 2.52 bits per heavy atom. The smallest absolute Gasteiger partial charge is 0.253 e. The van der Waals surface area contributed by atoms with Crippen LogP contribution < -0.4 is 15.0 Å². The van der Waals surface area contributed by atoms with Crippen LogP contribution in [-0.2, 0) is 12.1 Å². The first-order valence-corrected chi connectivity index (χ1v) is 14.0. The van der Waals surface area contributed by atoms with Crippen molar-refractivity contribution < 1.29 is 9.47 Å². The van der Waals surface area contributed by atoms with Crippen LogP contribution in [0.25, 0.3) is 10.9 Å². The number of aromatic nitrogens is 5. The molecule has 10 nitrogen and oxygen atoms in total. The molecular weight excluding hydrogens is 506 g/mol. The van der Waals surface area contributed by atoms with E-state index >= 15 is 0 Å². The second kappa shape index (κ2) is 10.3. The SMILES string of the molecule is CCC(C)(C)n1nnnc1[C@H](c1cc2cc(C)c(C)cc2[nH]c1=O)N1CCN(Cc2ccc3c(c2)OCO3)CC1. The van der Waals surface area contributed by atoms with Crippen LogP contribution in [0.5, 0.6) is 11.5 Å². The van der Waals surface area contributed by atoms with Gasteiger partial charge in [-0.1, -0.05) is 13.0 Å². The Morgan fingerprint density at radius 2 is 1.75 bits per heavy atom. The van der Waals surface area contributed by atoms with Gasteiger partial charge in [-0.2, -0.15) is 0 Å². The van der Waals surface area contributed by atoms with Crippen LogP contribution in [0, 0.1) is 13.8 Å². The lowest BCUT2D eigenvalue weighted by molar-refractivity contribution is 0.0968. The third-order valence-electron chi connectivity index (χ3n) is 8.57. The Labute approximate surface area is 233 Å². The van der Waals surface area contributed by atoms with Gasteiger partial charge in [-0.05, 0) is 97.0 Å². The molecule has 0 unspecified atom stereocenters. The summed E-state index contributed by atoms with van der Waals surface area (Å²) < 4.78 is 12.9. The summed E-state index contributed by atoms with van der Waals surface area (Å²) in [7, 11) is 0. The molecule has 210 valence electrons. The van der Waals surface area contributed by atoms with Crippen molar-refractivity contribution >= 4 is 10.9 Å². The number of fused-ring (bicyclic) bond motifs is 2. The molecule has 0 saturated carbocycles. The summed E-state index contributed by atoms with van der Waals surface area (Å²) in [4.78, 5) is 21.6. The van der Waals surface area contributed by atoms with Crippen molar-refractivity contribution in [3.05, 3.63) is 74.8 Å². The van der Waals surface area contributed by atoms with Gasteiger partial charge in [-0.25, -0.2) is 4.68 Å². The Balaban J connectivity index is 1.33. The minimum atomic E-state index is -0.372. The topological polar surface area (TPSA) is 101 Å². The molecule has 1 N–H and O–H groups in total. The van der Waals surface area contributed by atoms with Crippen molar-refractivity contribution in [1.29, 1.82) is 0 Å². The van der Waals surface area contributed by atoms with Crippen LogP contribution in [-0.4, -0.2) is 68.0 Å². The number of ether oxygens (including phenoxy) is 2. The standard InChI is InChI=1S/C30H37N7O3/c1-6-30(4,5)37-28(32-33-34-37)27(23-16-22-13-19(2)20(3)14-24(22)31-29(23)38)36-11-9-35(10-12-36)17-21-7-8-25-26(15-21)40-18-39-25/h7-8,13-16,27H,6,9-12,17-18H2,1-5H3,(H,31,38)/t27-/m0/s1. The summed E-state index contributed by atoms with van der Waals surface area (Å²) in [6, 6.07) is 12.0. The fourth-order valence-corrected chi connectivity index (χ4v) is 5.62. The summed E-state index contributed by atoms with van der Waals surface area (Å²) in [5, 5.41) is 14.0. The fraction of sp³-hybridized carbons (Fsp3) is 0.467. The van der Waals surface area contributed by atoms with Crippen molar-refractivity contribution in [2.24, 2.45) is 0 Å². The van der Waals surface area contributed by atoms with Crippen LogP contribution >= 0.6 is 0 Å². The summed E-state index contributed by atoms with van der Waals surface area (Å²) in [6.07, 6.45) is 0.855. The Bertz CT molecular complexity index is 1600. The molecule has 0 amide bonds. The van der Waals surface area contributed by atoms with Crippen LogP contribution in [0.3, 0.4) is 0 Å². The van der Waals surface area contributed by atoms with Gasteiger partial charge < -0.3 is 14.5 Å². The Kier molecular flexibility index (Phi) is 6.83. The molecule has 1 saturated heterocycles. The van der Waals surface area contributed by atoms with E-state index in [4.69, 9.17) is 9.47 Å². The number of piperazine rings is 1. The maximum atomic E-state index is 13.6. The third kappa shape index (κ3) is 4.86. The molecule has 2 aliphatic rings. The quantitative estimate of drug-likeness (QED) is 0.374. The highest BCUT2D eigenvalue weighted by Gasteiger charge is 2.35. The van der Waals surface area contributed by atoms with E-state index in [0.29, 0.717) is 11.4 Å². The molecule has 0 bridgehead atoms. The van der Waals surface area contributed by atoms with Gasteiger partial charge >= 0.3 is 0 Å². The molecule has 4 heterocycles. The van der Waals surface area contributed by atoms with Gasteiger partial charge in [0.15, 0.2) is 17.3 Å². The molecule has 2 aliphatic heterocycles. The van der Waals surface area contributed by atoms with Crippen molar-refractivity contribution in [1.82, 2.24) is 35.0 Å². The molecule has 6 rings (SSSR count). The summed E-state index contributed by atoms with van der Waals surface area (Å²) >= 11 is 0. The molecule has 10 heteroatoms. The predicted molar refractivity (Wildman–Crippen MR) is 153 cm³/mol. The van der Waals surface area contributed by atoms with Crippen LogP contribution in [0.4, 0.5) is 0 Å².